The normalized spacial score (nSPS) is 14.3. The van der Waals surface area contributed by atoms with Crippen molar-refractivity contribution >= 4 is 33.6 Å². The van der Waals surface area contributed by atoms with Crippen LogP contribution in [-0.2, 0) is 55.8 Å². The fourth-order valence-electron chi connectivity index (χ4n) is 13.0. The van der Waals surface area contributed by atoms with E-state index in [4.69, 9.17) is 32.3 Å². The maximum atomic E-state index is 13.0. The van der Waals surface area contributed by atoms with Gasteiger partial charge in [0.15, 0.2) is 6.10 Å². The third kappa shape index (κ3) is 90.6. The lowest BCUT2D eigenvalue weighted by atomic mass is 10.0. The molecule has 0 spiro atoms. The van der Waals surface area contributed by atoms with E-state index in [1.165, 1.54) is 231 Å². The number of ether oxygens (including phenoxy) is 3. The molecular weight excluding hydrogens is 1480 g/mol. The Morgan fingerprint density at radius 1 is 0.243 bits per heavy atom. The summed E-state index contributed by atoms with van der Waals surface area (Å²) in [7, 11) is -9.80. The lowest BCUT2D eigenvalue weighted by Gasteiger charge is -2.21. The van der Waals surface area contributed by atoms with Gasteiger partial charge in [-0.3, -0.25) is 32.5 Å². The van der Waals surface area contributed by atoms with Gasteiger partial charge in [0.05, 0.1) is 26.4 Å². The molecule has 666 valence electrons. The van der Waals surface area contributed by atoms with Crippen molar-refractivity contribution in [3.05, 3.63) is 122 Å². The van der Waals surface area contributed by atoms with E-state index in [2.05, 4.69) is 142 Å². The molecule has 0 amide bonds. The first-order valence-corrected chi connectivity index (χ1v) is 49.8. The average Bonchev–Trinajstić information content (AvgIpc) is 0.902. The highest BCUT2D eigenvalue weighted by Gasteiger charge is 2.29. The summed E-state index contributed by atoms with van der Waals surface area (Å²) >= 11 is 0. The van der Waals surface area contributed by atoms with Crippen LogP contribution in [-0.4, -0.2) is 95.9 Å². The molecule has 0 aromatic carbocycles. The van der Waals surface area contributed by atoms with Gasteiger partial charge in [-0.25, -0.2) is 9.13 Å². The average molecular weight is 1660 g/mol. The zero-order chi connectivity index (χ0) is 83.6. The largest absolute Gasteiger partial charge is 0.472 e. The number of unbranched alkanes of at least 4 members (excludes halogenated alkanes) is 46. The highest BCUT2D eigenvalue weighted by Crippen LogP contribution is 2.45. The number of aliphatic hydroxyl groups excluding tert-OH is 2. The van der Waals surface area contributed by atoms with Crippen LogP contribution >= 0.6 is 15.6 Å². The van der Waals surface area contributed by atoms with E-state index in [1.54, 1.807) is 0 Å². The summed E-state index contributed by atoms with van der Waals surface area (Å²) in [4.78, 5) is 58.9. The number of carbonyl (C=O) groups is 3. The van der Waals surface area contributed by atoms with Gasteiger partial charge in [-0.05, 0) is 141 Å². The predicted molar refractivity (Wildman–Crippen MR) is 482 cm³/mol. The molecule has 0 fully saturated rings. The fourth-order valence-corrected chi connectivity index (χ4v) is 14.6. The summed E-state index contributed by atoms with van der Waals surface area (Å²) in [5.74, 6) is -1.57. The highest BCUT2D eigenvalue weighted by molar-refractivity contribution is 7.47. The van der Waals surface area contributed by atoms with Crippen molar-refractivity contribution in [2.24, 2.45) is 0 Å². The van der Waals surface area contributed by atoms with Crippen LogP contribution in [0, 0.1) is 0 Å². The second kappa shape index (κ2) is 89.2. The van der Waals surface area contributed by atoms with Crippen LogP contribution in [0.4, 0.5) is 0 Å². The first kappa shape index (κ1) is 111. The van der Waals surface area contributed by atoms with Crippen molar-refractivity contribution in [1.82, 2.24) is 0 Å². The summed E-state index contributed by atoms with van der Waals surface area (Å²) in [6.45, 7) is 2.65. The fraction of sp³-hybridized carbons (Fsp3) is 0.763. The van der Waals surface area contributed by atoms with E-state index in [-0.39, 0.29) is 19.3 Å². The van der Waals surface area contributed by atoms with Crippen molar-refractivity contribution in [2.45, 2.75) is 437 Å². The molecule has 115 heavy (non-hydrogen) atoms. The molecule has 4 N–H and O–H groups in total. The molecule has 0 rings (SSSR count). The molecule has 5 atom stereocenters. The van der Waals surface area contributed by atoms with Gasteiger partial charge in [0.2, 0.25) is 0 Å². The SMILES string of the molecule is CCCCC/C=C\C/C=C\C/C=C\C/C=C\CCCCCCCCCCCCCCCCCCCCCC(=O)OCC(O)COP(=O)(O)OCC(O)COP(=O)(O)OCC(COC(=O)CCCCCCCCCCCCCCC/C=C\C/C=C\C/C=C\C/C=C\CCCCC)OC(=O)CCCCCCC/C=C\C/C=C\CCCCC. The Labute approximate surface area is 703 Å². The summed E-state index contributed by atoms with van der Waals surface area (Å²) in [6, 6.07) is 0. The Balaban J connectivity index is 4.41. The third-order valence-electron chi connectivity index (χ3n) is 20.1. The van der Waals surface area contributed by atoms with Gasteiger partial charge in [-0.2, -0.15) is 0 Å². The number of esters is 3. The molecule has 0 heterocycles. The molecule has 0 saturated heterocycles. The monoisotopic (exact) mass is 1660 g/mol. The van der Waals surface area contributed by atoms with Gasteiger partial charge in [0.1, 0.15) is 25.4 Å². The molecule has 0 radical (unpaired) electrons. The van der Waals surface area contributed by atoms with Gasteiger partial charge < -0.3 is 34.2 Å². The van der Waals surface area contributed by atoms with Crippen LogP contribution in [0.25, 0.3) is 0 Å². The Morgan fingerprint density at radius 2 is 0.435 bits per heavy atom. The van der Waals surface area contributed by atoms with Gasteiger partial charge >= 0.3 is 33.6 Å². The zero-order valence-corrected chi connectivity index (χ0v) is 75.2. The summed E-state index contributed by atoms with van der Waals surface area (Å²) in [5.41, 5.74) is 0. The Bertz CT molecular complexity index is 2570. The summed E-state index contributed by atoms with van der Waals surface area (Å²) in [6.07, 6.45) is 110. The molecule has 0 aromatic heterocycles. The number of aliphatic hydroxyl groups is 2. The topological polar surface area (TPSA) is 231 Å². The van der Waals surface area contributed by atoms with E-state index in [9.17, 15) is 43.5 Å². The van der Waals surface area contributed by atoms with Crippen LogP contribution in [0.5, 0.6) is 0 Å². The molecular formula is C97H172O16P2. The maximum Gasteiger partial charge on any atom is 0.472 e. The molecule has 0 aliphatic heterocycles. The first-order valence-electron chi connectivity index (χ1n) is 46.8. The lowest BCUT2D eigenvalue weighted by molar-refractivity contribution is -0.161. The first-order chi connectivity index (χ1) is 56.2. The van der Waals surface area contributed by atoms with Gasteiger partial charge in [-0.15, -0.1) is 0 Å². The zero-order valence-electron chi connectivity index (χ0n) is 73.4. The van der Waals surface area contributed by atoms with Gasteiger partial charge in [0, 0.05) is 19.3 Å². The van der Waals surface area contributed by atoms with Crippen LogP contribution in [0.3, 0.4) is 0 Å². The number of hydrogen-bond donors (Lipinski definition) is 4. The molecule has 16 nitrogen and oxygen atoms in total. The van der Waals surface area contributed by atoms with Crippen molar-refractivity contribution < 1.29 is 75.8 Å². The molecule has 5 unspecified atom stereocenters. The Kier molecular flexibility index (Phi) is 86.1. The van der Waals surface area contributed by atoms with Crippen molar-refractivity contribution in [1.29, 1.82) is 0 Å². The maximum absolute atomic E-state index is 13.0. The van der Waals surface area contributed by atoms with E-state index in [1.807, 2.05) is 0 Å². The highest BCUT2D eigenvalue weighted by atomic mass is 31.2. The van der Waals surface area contributed by atoms with Gasteiger partial charge in [-0.1, -0.05) is 380 Å². The number of hydrogen-bond acceptors (Lipinski definition) is 14. The third-order valence-corrected chi connectivity index (χ3v) is 22.0. The van der Waals surface area contributed by atoms with Crippen LogP contribution in [0.2, 0.25) is 0 Å². The van der Waals surface area contributed by atoms with E-state index >= 15 is 0 Å². The van der Waals surface area contributed by atoms with Gasteiger partial charge in [0.25, 0.3) is 0 Å². The minimum Gasteiger partial charge on any atom is -0.463 e. The van der Waals surface area contributed by atoms with Crippen molar-refractivity contribution in [2.75, 3.05) is 39.6 Å². The number of carbonyl (C=O) groups excluding carboxylic acids is 3. The van der Waals surface area contributed by atoms with Crippen LogP contribution in [0.1, 0.15) is 419 Å². The van der Waals surface area contributed by atoms with Crippen molar-refractivity contribution in [3.63, 3.8) is 0 Å². The molecule has 0 aliphatic rings. The smallest absolute Gasteiger partial charge is 0.463 e. The minimum absolute atomic E-state index is 0.0887. The van der Waals surface area contributed by atoms with Crippen LogP contribution < -0.4 is 0 Å². The Morgan fingerprint density at radius 3 is 0.687 bits per heavy atom. The quantitative estimate of drug-likeness (QED) is 0.0146. The van der Waals surface area contributed by atoms with Crippen molar-refractivity contribution in [3.8, 4) is 0 Å². The second-order valence-corrected chi connectivity index (χ2v) is 34.4. The lowest BCUT2D eigenvalue weighted by Crippen LogP contribution is -2.30. The summed E-state index contributed by atoms with van der Waals surface area (Å²) < 4.78 is 61.4. The number of phosphoric ester groups is 2. The molecule has 0 bridgehead atoms. The molecule has 0 aliphatic carbocycles. The summed E-state index contributed by atoms with van der Waals surface area (Å²) in [5, 5.41) is 20.7. The number of allylic oxidation sites excluding steroid dienone is 20. The van der Waals surface area contributed by atoms with E-state index in [0.29, 0.717) is 19.3 Å². The molecule has 0 aromatic rings. The number of phosphoric acid groups is 2. The molecule has 0 saturated carbocycles. The van der Waals surface area contributed by atoms with E-state index in [0.717, 1.165) is 128 Å². The predicted octanol–water partition coefficient (Wildman–Crippen LogP) is 28.8. The Hall–Kier alpha value is -4.05. The van der Waals surface area contributed by atoms with E-state index < -0.39 is 91.5 Å². The number of rotatable bonds is 89. The second-order valence-electron chi connectivity index (χ2n) is 31.5. The van der Waals surface area contributed by atoms with Crippen LogP contribution in [0.15, 0.2) is 122 Å². The minimum atomic E-state index is -4.94. The standard InChI is InChI=1S/C97H172O16P2/c1-4-7-10-13-16-19-22-25-28-30-32-34-36-38-40-42-43-44-45-46-47-49-51-52-54-56-58-60-63-65-68-71-74-77-80-83-95(100)107-86-92(98)87-109-114(103,104)110-88-93(99)89-111-115(105,106)112-91-94(113-97(102)85-82-79-76-73-70-67-62-27-24-21-18-15-12-9-6-3)90-108-96(101)84-81-78-75-72-69-66-64-61-59-57-55-53-50-48-41-39-37-35-33-31-29-26-23-20-17-14-11-8-5-2/h16-21,25-29,32-35,38-41,62,92-94,98-99H,4-15,22-24,30-31,36-37,42-61,63-91H2,1-3H3,(H,103,104)(H,105,106)/b19-16-,20-17-,21-18-,28-25-,29-26-,34-32-,35-33-,40-38-,41-39-,62-27-. The molecule has 18 heteroatoms.